The van der Waals surface area contributed by atoms with Gasteiger partial charge in [-0.2, -0.15) is 13.2 Å². The molecule has 0 bridgehead atoms. The number of alkyl halides is 3. The number of benzene rings is 1. The molecule has 0 radical (unpaired) electrons. The minimum Gasteiger partial charge on any atom is -0.339 e. The average molecular weight is 368 g/mol. The maximum Gasteiger partial charge on any atom is 0.397 e. The summed E-state index contributed by atoms with van der Waals surface area (Å²) in [5.41, 5.74) is 0.293. The summed E-state index contributed by atoms with van der Waals surface area (Å²) >= 11 is 5.61. The number of piperazine rings is 1. The van der Waals surface area contributed by atoms with Crippen LogP contribution < -0.4 is 5.32 Å². The van der Waals surface area contributed by atoms with Gasteiger partial charge in [-0.3, -0.25) is 4.79 Å². The van der Waals surface area contributed by atoms with Gasteiger partial charge >= 0.3 is 12.2 Å². The van der Waals surface area contributed by atoms with Crippen LogP contribution in [-0.2, 0) is 4.79 Å². The minimum atomic E-state index is -4.55. The van der Waals surface area contributed by atoms with E-state index < -0.39 is 30.4 Å². The second-order valence-corrected chi connectivity index (χ2v) is 5.63. The zero-order valence-corrected chi connectivity index (χ0v) is 13.1. The van der Waals surface area contributed by atoms with E-state index in [1.807, 2.05) is 0 Å². The number of anilines is 1. The first-order valence-corrected chi connectivity index (χ1v) is 7.39. The van der Waals surface area contributed by atoms with Crippen LogP contribution in [0.4, 0.5) is 28.0 Å². The molecule has 1 aliphatic rings. The average Bonchev–Trinajstić information content (AvgIpc) is 2.49. The fraction of sp³-hybridized carbons (Fsp3) is 0.429. The largest absolute Gasteiger partial charge is 0.397 e. The predicted molar refractivity (Wildman–Crippen MR) is 79.3 cm³/mol. The molecule has 2 rings (SSSR count). The van der Waals surface area contributed by atoms with E-state index in [1.165, 1.54) is 17.0 Å². The lowest BCUT2D eigenvalue weighted by atomic mass is 10.2. The van der Waals surface area contributed by atoms with Crippen molar-refractivity contribution < 1.29 is 27.2 Å². The van der Waals surface area contributed by atoms with Crippen molar-refractivity contribution in [3.63, 3.8) is 0 Å². The van der Waals surface area contributed by atoms with Gasteiger partial charge in [-0.15, -0.1) is 0 Å². The van der Waals surface area contributed by atoms with Crippen LogP contribution in [0.15, 0.2) is 18.2 Å². The number of nitrogens with zero attached hydrogens (tertiary/aromatic N) is 2. The summed E-state index contributed by atoms with van der Waals surface area (Å²) in [6.45, 7) is 0.244. The molecule has 0 aromatic heterocycles. The molecule has 1 saturated heterocycles. The molecule has 0 aliphatic carbocycles. The van der Waals surface area contributed by atoms with Crippen LogP contribution >= 0.6 is 11.6 Å². The van der Waals surface area contributed by atoms with Gasteiger partial charge < -0.3 is 15.1 Å². The third kappa shape index (κ3) is 4.98. The van der Waals surface area contributed by atoms with E-state index in [9.17, 15) is 27.2 Å². The van der Waals surface area contributed by atoms with Crippen LogP contribution in [0, 0.1) is 5.82 Å². The summed E-state index contributed by atoms with van der Waals surface area (Å²) in [6.07, 6.45) is -6.05. The van der Waals surface area contributed by atoms with E-state index >= 15 is 0 Å². The maximum absolute atomic E-state index is 13.1. The van der Waals surface area contributed by atoms with Gasteiger partial charge in [0.1, 0.15) is 12.2 Å². The third-order valence-electron chi connectivity index (χ3n) is 3.44. The second kappa shape index (κ2) is 7.25. The molecule has 0 spiro atoms. The number of amides is 3. The molecule has 1 fully saturated rings. The Kier molecular flexibility index (Phi) is 5.53. The lowest BCUT2D eigenvalue weighted by Crippen LogP contribution is -2.52. The molecule has 10 heteroatoms. The number of nitrogens with one attached hydrogen (secondary N) is 1. The van der Waals surface area contributed by atoms with E-state index in [4.69, 9.17) is 11.6 Å². The van der Waals surface area contributed by atoms with E-state index in [2.05, 4.69) is 5.32 Å². The number of carbonyl (C=O) groups excluding carboxylic acids is 2. The number of rotatable bonds is 2. The van der Waals surface area contributed by atoms with Crippen LogP contribution in [0.1, 0.15) is 6.42 Å². The standard InChI is InChI=1S/C14H14ClF4N3O2/c15-10-7-9(1-2-11(10)16)20-13(24)22-5-3-21(4-6-22)12(23)8-14(17,18)19/h1-2,7H,3-6,8H2,(H,20,24). The first kappa shape index (κ1) is 18.3. The van der Waals surface area contributed by atoms with Crippen molar-refractivity contribution in [1.29, 1.82) is 0 Å². The molecule has 5 nitrogen and oxygen atoms in total. The summed E-state index contributed by atoms with van der Waals surface area (Å²) in [7, 11) is 0. The van der Waals surface area contributed by atoms with Crippen LogP contribution in [-0.4, -0.2) is 54.1 Å². The number of carbonyl (C=O) groups is 2. The van der Waals surface area contributed by atoms with Gasteiger partial charge in [0.15, 0.2) is 0 Å². The van der Waals surface area contributed by atoms with Crippen LogP contribution in [0.25, 0.3) is 0 Å². The van der Waals surface area contributed by atoms with Gasteiger partial charge in [-0.1, -0.05) is 11.6 Å². The SMILES string of the molecule is O=C(CC(F)(F)F)N1CCN(C(=O)Nc2ccc(F)c(Cl)c2)CC1. The molecule has 0 saturated carbocycles. The van der Waals surface area contributed by atoms with E-state index in [0.717, 1.165) is 11.0 Å². The van der Waals surface area contributed by atoms with Gasteiger partial charge in [0.2, 0.25) is 5.91 Å². The highest BCUT2D eigenvalue weighted by Gasteiger charge is 2.34. The lowest BCUT2D eigenvalue weighted by molar-refractivity contribution is -0.162. The molecule has 0 unspecified atom stereocenters. The summed E-state index contributed by atoms with van der Waals surface area (Å²) in [5, 5.41) is 2.37. The van der Waals surface area contributed by atoms with Crippen LogP contribution in [0.5, 0.6) is 0 Å². The summed E-state index contributed by atoms with van der Waals surface area (Å²) in [5.74, 6) is -1.63. The molecule has 1 heterocycles. The lowest BCUT2D eigenvalue weighted by Gasteiger charge is -2.34. The minimum absolute atomic E-state index is 0.0203. The second-order valence-electron chi connectivity index (χ2n) is 5.22. The van der Waals surface area contributed by atoms with Crippen molar-refractivity contribution in [2.45, 2.75) is 12.6 Å². The quantitative estimate of drug-likeness (QED) is 0.817. The van der Waals surface area contributed by atoms with Crippen molar-refractivity contribution in [1.82, 2.24) is 9.80 Å². The Morgan fingerprint density at radius 2 is 1.71 bits per heavy atom. The fourth-order valence-corrected chi connectivity index (χ4v) is 2.40. The van der Waals surface area contributed by atoms with Gasteiger partial charge in [0.05, 0.1) is 5.02 Å². The number of urea groups is 1. The Balaban J connectivity index is 1.86. The van der Waals surface area contributed by atoms with Gasteiger partial charge in [-0.05, 0) is 18.2 Å². The summed E-state index contributed by atoms with van der Waals surface area (Å²) in [4.78, 5) is 26.0. The maximum atomic E-state index is 13.1. The monoisotopic (exact) mass is 367 g/mol. The molecule has 1 aromatic rings. The molecule has 1 aliphatic heterocycles. The molecule has 1 aromatic carbocycles. The zero-order valence-electron chi connectivity index (χ0n) is 12.4. The predicted octanol–water partition coefficient (Wildman–Crippen LogP) is 3.11. The van der Waals surface area contributed by atoms with Crippen molar-refractivity contribution in [2.75, 3.05) is 31.5 Å². The number of halogens is 5. The van der Waals surface area contributed by atoms with Crippen molar-refractivity contribution >= 4 is 29.2 Å². The summed E-state index contributed by atoms with van der Waals surface area (Å²) < 4.78 is 49.7. The molecular weight excluding hydrogens is 354 g/mol. The van der Waals surface area contributed by atoms with Gasteiger partial charge in [0, 0.05) is 31.9 Å². The van der Waals surface area contributed by atoms with E-state index in [0.29, 0.717) is 5.69 Å². The molecule has 1 N–H and O–H groups in total. The topological polar surface area (TPSA) is 52.7 Å². The smallest absolute Gasteiger partial charge is 0.339 e. The Hall–Kier alpha value is -2.03. The molecule has 132 valence electrons. The Bertz CT molecular complexity index is 631. The molecule has 0 atom stereocenters. The fourth-order valence-electron chi connectivity index (χ4n) is 2.22. The van der Waals surface area contributed by atoms with E-state index in [1.54, 1.807) is 0 Å². The first-order chi connectivity index (χ1) is 11.2. The highest BCUT2D eigenvalue weighted by Crippen LogP contribution is 2.22. The normalized spacial score (nSPS) is 15.4. The van der Waals surface area contributed by atoms with Crippen LogP contribution in [0.3, 0.4) is 0 Å². The first-order valence-electron chi connectivity index (χ1n) is 7.01. The number of hydrogen-bond donors (Lipinski definition) is 1. The van der Waals surface area contributed by atoms with Gasteiger partial charge in [-0.25, -0.2) is 9.18 Å². The number of hydrogen-bond acceptors (Lipinski definition) is 2. The van der Waals surface area contributed by atoms with Crippen molar-refractivity contribution in [3.8, 4) is 0 Å². The zero-order chi connectivity index (χ0) is 17.9. The molecular formula is C14H14ClF4N3O2. The molecule has 24 heavy (non-hydrogen) atoms. The Morgan fingerprint density at radius 1 is 1.12 bits per heavy atom. The van der Waals surface area contributed by atoms with Gasteiger partial charge in [0.25, 0.3) is 0 Å². The van der Waals surface area contributed by atoms with Crippen molar-refractivity contribution in [3.05, 3.63) is 29.0 Å². The van der Waals surface area contributed by atoms with E-state index in [-0.39, 0.29) is 31.2 Å². The highest BCUT2D eigenvalue weighted by molar-refractivity contribution is 6.31. The highest BCUT2D eigenvalue weighted by atomic mass is 35.5. The summed E-state index contributed by atoms with van der Waals surface area (Å²) in [6, 6.07) is 3.19. The Morgan fingerprint density at radius 3 is 2.25 bits per heavy atom. The Labute approximate surface area is 140 Å². The molecule has 3 amide bonds. The third-order valence-corrected chi connectivity index (χ3v) is 3.73. The van der Waals surface area contributed by atoms with Crippen molar-refractivity contribution in [2.24, 2.45) is 0 Å². The van der Waals surface area contributed by atoms with Crippen LogP contribution in [0.2, 0.25) is 5.02 Å².